The smallest absolute Gasteiger partial charge is 0.310 e. The molecule has 94 valence electrons. The molecule has 1 heterocycles. The zero-order chi connectivity index (χ0) is 12.3. The Morgan fingerprint density at radius 3 is 3.06 bits per heavy atom. The van der Waals surface area contributed by atoms with E-state index in [-0.39, 0.29) is 17.9 Å². The number of methoxy groups -OCH3 is 1. The highest BCUT2D eigenvalue weighted by molar-refractivity contribution is 9.10. The quantitative estimate of drug-likeness (QED) is 0.868. The largest absolute Gasteiger partial charge is 0.469 e. The SMILES string of the molecule is COC(=O)[C@H]1CCC[C@H]1NCc1ccc(Br)o1. The third kappa shape index (κ3) is 3.10. The van der Waals surface area contributed by atoms with E-state index in [1.165, 1.54) is 7.11 Å². The number of hydrogen-bond acceptors (Lipinski definition) is 4. The lowest BCUT2D eigenvalue weighted by Gasteiger charge is -2.18. The van der Waals surface area contributed by atoms with Crippen LogP contribution in [0.4, 0.5) is 0 Å². The van der Waals surface area contributed by atoms with Gasteiger partial charge in [-0.05, 0) is 40.9 Å². The molecule has 0 aliphatic heterocycles. The standard InChI is InChI=1S/C12H16BrNO3/c1-16-12(15)9-3-2-4-10(9)14-7-8-5-6-11(13)17-8/h5-6,9-10,14H,2-4,7H2,1H3/t9-,10+/m0/s1. The van der Waals surface area contributed by atoms with Crippen LogP contribution in [0.2, 0.25) is 0 Å². The lowest BCUT2D eigenvalue weighted by molar-refractivity contribution is -0.145. The highest BCUT2D eigenvalue weighted by Gasteiger charge is 2.33. The van der Waals surface area contributed by atoms with Crippen molar-refractivity contribution in [3.8, 4) is 0 Å². The normalized spacial score (nSPS) is 23.9. The first-order valence-electron chi connectivity index (χ1n) is 5.76. The molecule has 5 heteroatoms. The molecule has 0 spiro atoms. The van der Waals surface area contributed by atoms with Crippen molar-refractivity contribution >= 4 is 21.9 Å². The van der Waals surface area contributed by atoms with Crippen molar-refractivity contribution in [3.63, 3.8) is 0 Å². The first-order valence-corrected chi connectivity index (χ1v) is 6.55. The van der Waals surface area contributed by atoms with Gasteiger partial charge >= 0.3 is 5.97 Å². The molecule has 1 aromatic rings. The maximum Gasteiger partial charge on any atom is 0.310 e. The highest BCUT2D eigenvalue weighted by Crippen LogP contribution is 2.27. The molecular weight excluding hydrogens is 286 g/mol. The van der Waals surface area contributed by atoms with Crippen LogP contribution < -0.4 is 5.32 Å². The van der Waals surface area contributed by atoms with Crippen LogP contribution in [0.5, 0.6) is 0 Å². The van der Waals surface area contributed by atoms with Gasteiger partial charge in [0.15, 0.2) is 4.67 Å². The van der Waals surface area contributed by atoms with Gasteiger partial charge in [0.25, 0.3) is 0 Å². The highest BCUT2D eigenvalue weighted by atomic mass is 79.9. The van der Waals surface area contributed by atoms with Gasteiger partial charge in [0.1, 0.15) is 5.76 Å². The molecule has 1 aliphatic carbocycles. The van der Waals surface area contributed by atoms with Gasteiger partial charge in [-0.1, -0.05) is 6.42 Å². The summed E-state index contributed by atoms with van der Waals surface area (Å²) < 4.78 is 10.9. The van der Waals surface area contributed by atoms with E-state index in [1.54, 1.807) is 0 Å². The molecule has 2 atom stereocenters. The summed E-state index contributed by atoms with van der Waals surface area (Å²) in [5.74, 6) is 0.742. The Hall–Kier alpha value is -0.810. The number of carbonyl (C=O) groups is 1. The van der Waals surface area contributed by atoms with Crippen LogP contribution in [0.25, 0.3) is 0 Å². The number of ether oxygens (including phenoxy) is 1. The first kappa shape index (κ1) is 12.6. The minimum atomic E-state index is -0.111. The summed E-state index contributed by atoms with van der Waals surface area (Å²) in [5.41, 5.74) is 0. The van der Waals surface area contributed by atoms with Gasteiger partial charge in [-0.25, -0.2) is 0 Å². The van der Waals surface area contributed by atoms with E-state index in [0.29, 0.717) is 6.54 Å². The van der Waals surface area contributed by atoms with Crippen LogP contribution in [0.15, 0.2) is 21.2 Å². The molecule has 0 amide bonds. The molecule has 1 aliphatic rings. The molecule has 0 bridgehead atoms. The summed E-state index contributed by atoms with van der Waals surface area (Å²) in [6, 6.07) is 3.98. The average Bonchev–Trinajstić information content (AvgIpc) is 2.94. The summed E-state index contributed by atoms with van der Waals surface area (Å²) in [6.45, 7) is 0.643. The maximum atomic E-state index is 11.5. The number of halogens is 1. The van der Waals surface area contributed by atoms with Crippen LogP contribution in [0.1, 0.15) is 25.0 Å². The Morgan fingerprint density at radius 1 is 1.59 bits per heavy atom. The number of hydrogen-bond donors (Lipinski definition) is 1. The van der Waals surface area contributed by atoms with Gasteiger partial charge in [-0.2, -0.15) is 0 Å². The van der Waals surface area contributed by atoms with Crippen LogP contribution in [-0.2, 0) is 16.1 Å². The van der Waals surface area contributed by atoms with E-state index in [0.717, 1.165) is 29.7 Å². The molecule has 1 aromatic heterocycles. The molecular formula is C12H16BrNO3. The van der Waals surface area contributed by atoms with Crippen molar-refractivity contribution in [2.45, 2.75) is 31.8 Å². The molecule has 1 saturated carbocycles. The van der Waals surface area contributed by atoms with Gasteiger partial charge in [-0.15, -0.1) is 0 Å². The predicted octanol–water partition coefficient (Wildman–Crippen LogP) is 2.47. The molecule has 0 aromatic carbocycles. The van der Waals surface area contributed by atoms with Crippen LogP contribution >= 0.6 is 15.9 Å². The minimum Gasteiger partial charge on any atom is -0.469 e. The predicted molar refractivity (Wildman–Crippen MR) is 66.4 cm³/mol. The summed E-state index contributed by atoms with van der Waals surface area (Å²) in [5, 5.41) is 3.36. The van der Waals surface area contributed by atoms with Gasteiger partial charge in [0.2, 0.25) is 0 Å². The topological polar surface area (TPSA) is 51.5 Å². The lowest BCUT2D eigenvalue weighted by Crippen LogP contribution is -2.36. The lowest BCUT2D eigenvalue weighted by atomic mass is 10.0. The van der Waals surface area contributed by atoms with E-state index in [9.17, 15) is 4.79 Å². The maximum absolute atomic E-state index is 11.5. The van der Waals surface area contributed by atoms with Gasteiger partial charge in [0.05, 0.1) is 19.6 Å². The molecule has 17 heavy (non-hydrogen) atoms. The molecule has 1 fully saturated rings. The van der Waals surface area contributed by atoms with Gasteiger partial charge < -0.3 is 14.5 Å². The fraction of sp³-hybridized carbons (Fsp3) is 0.583. The Balaban J connectivity index is 1.88. The number of rotatable bonds is 4. The number of carbonyl (C=O) groups excluding carboxylic acids is 1. The van der Waals surface area contributed by atoms with Crippen molar-refractivity contribution in [2.24, 2.45) is 5.92 Å². The zero-order valence-electron chi connectivity index (χ0n) is 9.74. The second kappa shape index (κ2) is 5.69. The third-order valence-corrected chi connectivity index (χ3v) is 3.61. The summed E-state index contributed by atoms with van der Waals surface area (Å²) >= 11 is 3.26. The van der Waals surface area contributed by atoms with Gasteiger partial charge in [-0.3, -0.25) is 4.79 Å². The Labute approximate surface area is 109 Å². The summed E-state index contributed by atoms with van der Waals surface area (Å²) in [4.78, 5) is 11.5. The molecule has 1 N–H and O–H groups in total. The molecule has 0 saturated heterocycles. The summed E-state index contributed by atoms with van der Waals surface area (Å²) in [7, 11) is 1.45. The Bertz CT molecular complexity index is 391. The van der Waals surface area contributed by atoms with E-state index in [1.807, 2.05) is 12.1 Å². The van der Waals surface area contributed by atoms with Crippen molar-refractivity contribution < 1.29 is 13.9 Å². The average molecular weight is 302 g/mol. The summed E-state index contributed by atoms with van der Waals surface area (Å²) in [6.07, 6.45) is 2.99. The van der Waals surface area contributed by atoms with Crippen molar-refractivity contribution in [1.82, 2.24) is 5.32 Å². The van der Waals surface area contributed by atoms with E-state index in [2.05, 4.69) is 21.2 Å². The Morgan fingerprint density at radius 2 is 2.41 bits per heavy atom. The molecule has 0 unspecified atom stereocenters. The number of furan rings is 1. The van der Waals surface area contributed by atoms with Crippen molar-refractivity contribution in [2.75, 3.05) is 7.11 Å². The third-order valence-electron chi connectivity index (χ3n) is 3.19. The van der Waals surface area contributed by atoms with E-state index < -0.39 is 0 Å². The fourth-order valence-electron chi connectivity index (χ4n) is 2.32. The molecule has 0 radical (unpaired) electrons. The Kier molecular flexibility index (Phi) is 4.23. The number of esters is 1. The van der Waals surface area contributed by atoms with Gasteiger partial charge in [0, 0.05) is 6.04 Å². The van der Waals surface area contributed by atoms with E-state index in [4.69, 9.17) is 9.15 Å². The van der Waals surface area contributed by atoms with Crippen molar-refractivity contribution in [3.05, 3.63) is 22.6 Å². The fourth-order valence-corrected chi connectivity index (χ4v) is 2.66. The molecule has 2 rings (SSSR count). The molecule has 4 nitrogen and oxygen atoms in total. The second-order valence-electron chi connectivity index (χ2n) is 4.25. The second-order valence-corrected chi connectivity index (χ2v) is 5.04. The minimum absolute atomic E-state index is 0.0154. The zero-order valence-corrected chi connectivity index (χ0v) is 11.3. The number of nitrogens with one attached hydrogen (secondary N) is 1. The van der Waals surface area contributed by atoms with E-state index >= 15 is 0 Å². The van der Waals surface area contributed by atoms with Crippen LogP contribution in [-0.4, -0.2) is 19.1 Å². The monoisotopic (exact) mass is 301 g/mol. The van der Waals surface area contributed by atoms with Crippen LogP contribution in [0, 0.1) is 5.92 Å². The van der Waals surface area contributed by atoms with Crippen LogP contribution in [0.3, 0.4) is 0 Å². The first-order chi connectivity index (χ1) is 8.20. The van der Waals surface area contributed by atoms with Crippen molar-refractivity contribution in [1.29, 1.82) is 0 Å².